The Morgan fingerprint density at radius 3 is 2.57 bits per heavy atom. The first-order chi connectivity index (χ1) is 14.7. The lowest BCUT2D eigenvalue weighted by molar-refractivity contribution is 0.335. The Bertz CT molecular complexity index is 962. The maximum Gasteiger partial charge on any atom is 0.119 e. The SMILES string of the molecule is C=CCOc1ccc(-c2cc(-c3ccccn3)ccc2C=CCCCC(C)F)cc1. The van der Waals surface area contributed by atoms with Crippen molar-refractivity contribution in [3.05, 3.63) is 91.2 Å². The van der Waals surface area contributed by atoms with E-state index in [1.807, 2.05) is 30.3 Å². The highest BCUT2D eigenvalue weighted by atomic mass is 19.1. The van der Waals surface area contributed by atoms with Crippen LogP contribution in [0.4, 0.5) is 4.39 Å². The van der Waals surface area contributed by atoms with E-state index in [1.54, 1.807) is 19.2 Å². The van der Waals surface area contributed by atoms with Crippen LogP contribution in [0.25, 0.3) is 28.5 Å². The smallest absolute Gasteiger partial charge is 0.119 e. The van der Waals surface area contributed by atoms with Gasteiger partial charge >= 0.3 is 0 Å². The summed E-state index contributed by atoms with van der Waals surface area (Å²) in [6, 6.07) is 20.4. The van der Waals surface area contributed by atoms with E-state index in [1.165, 1.54) is 0 Å². The molecule has 0 aliphatic carbocycles. The molecule has 0 saturated carbocycles. The van der Waals surface area contributed by atoms with Crippen molar-refractivity contribution in [1.29, 1.82) is 0 Å². The molecule has 1 heterocycles. The van der Waals surface area contributed by atoms with Crippen LogP contribution in [-0.4, -0.2) is 17.8 Å². The van der Waals surface area contributed by atoms with E-state index in [2.05, 4.69) is 54.0 Å². The first-order valence-electron chi connectivity index (χ1n) is 10.4. The maximum absolute atomic E-state index is 13.0. The van der Waals surface area contributed by atoms with Crippen molar-refractivity contribution in [3.63, 3.8) is 0 Å². The van der Waals surface area contributed by atoms with Gasteiger partial charge in [-0.1, -0.05) is 55.1 Å². The van der Waals surface area contributed by atoms with E-state index in [0.717, 1.165) is 46.5 Å². The highest BCUT2D eigenvalue weighted by molar-refractivity contribution is 5.80. The highest BCUT2D eigenvalue weighted by Gasteiger charge is 2.08. The molecule has 0 fully saturated rings. The number of nitrogens with zero attached hydrogens (tertiary/aromatic N) is 1. The fourth-order valence-electron chi connectivity index (χ4n) is 3.26. The lowest BCUT2D eigenvalue weighted by Gasteiger charge is -2.11. The lowest BCUT2D eigenvalue weighted by atomic mass is 9.95. The third-order valence-electron chi connectivity index (χ3n) is 4.82. The van der Waals surface area contributed by atoms with E-state index in [9.17, 15) is 4.39 Å². The van der Waals surface area contributed by atoms with Gasteiger partial charge in [0.15, 0.2) is 0 Å². The van der Waals surface area contributed by atoms with Gasteiger partial charge in [0.25, 0.3) is 0 Å². The molecule has 3 rings (SSSR count). The van der Waals surface area contributed by atoms with E-state index >= 15 is 0 Å². The standard InChI is InChI=1S/C27H28FNO/c1-3-19-30-25-16-14-23(15-17-25)26-20-24(27-11-7-8-18-29-27)13-12-22(26)10-6-4-5-9-21(2)28/h3,6-8,10-18,20-21H,1,4-5,9,19H2,2H3. The maximum atomic E-state index is 13.0. The van der Waals surface area contributed by atoms with Crippen molar-refractivity contribution in [2.45, 2.75) is 32.4 Å². The summed E-state index contributed by atoms with van der Waals surface area (Å²) in [5.74, 6) is 0.817. The number of halogens is 1. The zero-order valence-electron chi connectivity index (χ0n) is 17.4. The van der Waals surface area contributed by atoms with E-state index < -0.39 is 6.17 Å². The lowest BCUT2D eigenvalue weighted by Crippen LogP contribution is -1.93. The van der Waals surface area contributed by atoms with Crippen LogP contribution in [0.2, 0.25) is 0 Å². The molecule has 1 atom stereocenters. The monoisotopic (exact) mass is 401 g/mol. The van der Waals surface area contributed by atoms with Crippen LogP contribution in [0.5, 0.6) is 5.75 Å². The van der Waals surface area contributed by atoms with Crippen molar-refractivity contribution in [1.82, 2.24) is 4.98 Å². The molecule has 0 amide bonds. The van der Waals surface area contributed by atoms with Gasteiger partial charge in [0.2, 0.25) is 0 Å². The minimum Gasteiger partial charge on any atom is -0.490 e. The molecule has 2 nitrogen and oxygen atoms in total. The van der Waals surface area contributed by atoms with Crippen LogP contribution in [-0.2, 0) is 0 Å². The minimum absolute atomic E-state index is 0.486. The normalized spacial score (nSPS) is 12.1. The second-order valence-corrected chi connectivity index (χ2v) is 7.26. The molecule has 3 heteroatoms. The first-order valence-corrected chi connectivity index (χ1v) is 10.4. The summed E-state index contributed by atoms with van der Waals surface area (Å²) in [5.41, 5.74) is 5.38. The number of unbranched alkanes of at least 4 members (excludes halogenated alkanes) is 1. The Hall–Kier alpha value is -3.20. The van der Waals surface area contributed by atoms with Crippen molar-refractivity contribution in [2.75, 3.05) is 6.61 Å². The summed E-state index contributed by atoms with van der Waals surface area (Å²) in [5, 5.41) is 0. The van der Waals surface area contributed by atoms with Gasteiger partial charge in [-0.3, -0.25) is 4.98 Å². The zero-order chi connectivity index (χ0) is 21.2. The number of hydrogen-bond acceptors (Lipinski definition) is 2. The van der Waals surface area contributed by atoms with Crippen molar-refractivity contribution in [3.8, 4) is 28.1 Å². The van der Waals surface area contributed by atoms with Crippen LogP contribution in [0.3, 0.4) is 0 Å². The molecular formula is C27H28FNO. The second kappa shape index (κ2) is 11.1. The van der Waals surface area contributed by atoms with Crippen molar-refractivity contribution in [2.24, 2.45) is 0 Å². The highest BCUT2D eigenvalue weighted by Crippen LogP contribution is 2.31. The van der Waals surface area contributed by atoms with Crippen molar-refractivity contribution >= 4 is 6.08 Å². The van der Waals surface area contributed by atoms with Gasteiger partial charge in [0, 0.05) is 11.8 Å². The third-order valence-corrected chi connectivity index (χ3v) is 4.82. The quantitative estimate of drug-likeness (QED) is 0.259. The predicted molar refractivity (Wildman–Crippen MR) is 124 cm³/mol. The number of ether oxygens (including phenoxy) is 1. The van der Waals surface area contributed by atoms with Gasteiger partial charge in [-0.25, -0.2) is 4.39 Å². The van der Waals surface area contributed by atoms with Crippen LogP contribution in [0.1, 0.15) is 31.7 Å². The average molecular weight is 402 g/mol. The van der Waals surface area contributed by atoms with Gasteiger partial charge in [0.05, 0.1) is 11.9 Å². The van der Waals surface area contributed by atoms with E-state index in [-0.39, 0.29) is 0 Å². The Kier molecular flexibility index (Phi) is 7.96. The van der Waals surface area contributed by atoms with Crippen LogP contribution >= 0.6 is 0 Å². The molecule has 0 bridgehead atoms. The molecule has 2 aromatic carbocycles. The van der Waals surface area contributed by atoms with E-state index in [4.69, 9.17) is 4.74 Å². The van der Waals surface area contributed by atoms with Gasteiger partial charge in [-0.15, -0.1) is 0 Å². The van der Waals surface area contributed by atoms with Crippen molar-refractivity contribution < 1.29 is 9.13 Å². The number of aromatic nitrogens is 1. The zero-order valence-corrected chi connectivity index (χ0v) is 17.4. The molecule has 0 aliphatic heterocycles. The van der Waals surface area contributed by atoms with Crippen LogP contribution in [0.15, 0.2) is 85.6 Å². The average Bonchev–Trinajstić information content (AvgIpc) is 2.78. The van der Waals surface area contributed by atoms with Gasteiger partial charge in [0.1, 0.15) is 12.4 Å². The number of pyridine rings is 1. The Labute approximate surface area is 178 Å². The second-order valence-electron chi connectivity index (χ2n) is 7.26. The van der Waals surface area contributed by atoms with E-state index in [0.29, 0.717) is 13.0 Å². The molecule has 0 saturated heterocycles. The van der Waals surface area contributed by atoms with Crippen LogP contribution < -0.4 is 4.74 Å². The number of benzene rings is 2. The summed E-state index contributed by atoms with van der Waals surface area (Å²) >= 11 is 0. The number of allylic oxidation sites excluding steroid dienone is 1. The Morgan fingerprint density at radius 1 is 1.07 bits per heavy atom. The first kappa shape index (κ1) is 21.5. The topological polar surface area (TPSA) is 22.1 Å². The third kappa shape index (κ3) is 6.15. The van der Waals surface area contributed by atoms with Gasteiger partial charge in [-0.2, -0.15) is 0 Å². The number of alkyl halides is 1. The summed E-state index contributed by atoms with van der Waals surface area (Å²) < 4.78 is 18.6. The fourth-order valence-corrected chi connectivity index (χ4v) is 3.26. The molecule has 154 valence electrons. The Balaban J connectivity index is 1.90. The summed E-state index contributed by atoms with van der Waals surface area (Å²) in [4.78, 5) is 4.48. The number of hydrogen-bond donors (Lipinski definition) is 0. The largest absolute Gasteiger partial charge is 0.490 e. The molecule has 30 heavy (non-hydrogen) atoms. The Morgan fingerprint density at radius 2 is 1.87 bits per heavy atom. The van der Waals surface area contributed by atoms with Gasteiger partial charge in [-0.05, 0) is 73.2 Å². The minimum atomic E-state index is -0.742. The molecule has 0 N–H and O–H groups in total. The van der Waals surface area contributed by atoms with Crippen LogP contribution in [0, 0.1) is 0 Å². The molecule has 0 aliphatic rings. The molecule has 1 unspecified atom stereocenters. The van der Waals surface area contributed by atoms with Gasteiger partial charge < -0.3 is 4.74 Å². The summed E-state index contributed by atoms with van der Waals surface area (Å²) in [6.45, 7) is 5.78. The number of rotatable bonds is 10. The summed E-state index contributed by atoms with van der Waals surface area (Å²) in [6.07, 6.45) is 9.37. The molecule has 3 aromatic rings. The predicted octanol–water partition coefficient (Wildman–Crippen LogP) is 7.52. The molecule has 0 spiro atoms. The summed E-state index contributed by atoms with van der Waals surface area (Å²) in [7, 11) is 0. The molecule has 1 aromatic heterocycles. The molecule has 0 radical (unpaired) electrons. The molecular weight excluding hydrogens is 373 g/mol. The fraction of sp³-hybridized carbons (Fsp3) is 0.222.